The number of hydrogen-bond acceptors (Lipinski definition) is 2. The molecule has 0 aliphatic carbocycles. The Bertz CT molecular complexity index is 608. The maximum atomic E-state index is 11.3. The molecule has 3 nitrogen and oxygen atoms in total. The molecule has 0 bridgehead atoms. The topological polar surface area (TPSA) is 41.1 Å². The van der Waals surface area contributed by atoms with Crippen molar-refractivity contribution in [3.8, 4) is 0 Å². The highest BCUT2D eigenvalue weighted by atomic mass is 79.9. The summed E-state index contributed by atoms with van der Waals surface area (Å²) in [7, 11) is 0. The van der Waals surface area contributed by atoms with Crippen molar-refractivity contribution >= 4 is 38.9 Å². The van der Waals surface area contributed by atoms with Crippen LogP contribution in [0.15, 0.2) is 46.9 Å². The number of anilines is 3. The highest BCUT2D eigenvalue weighted by Gasteiger charge is 2.02. The molecule has 0 aromatic heterocycles. The van der Waals surface area contributed by atoms with Gasteiger partial charge in [0.15, 0.2) is 0 Å². The fourth-order valence-electron chi connectivity index (χ4n) is 1.76. The van der Waals surface area contributed by atoms with Crippen LogP contribution >= 0.6 is 15.9 Å². The molecule has 0 atom stereocenters. The number of nitrogens with one attached hydrogen (secondary N) is 2. The van der Waals surface area contributed by atoms with Gasteiger partial charge in [-0.05, 0) is 64.8 Å². The third-order valence-corrected chi connectivity index (χ3v) is 3.55. The normalized spacial score (nSPS) is 10.2. The molecule has 0 fully saturated rings. The van der Waals surface area contributed by atoms with E-state index in [0.717, 1.165) is 21.5 Å². The van der Waals surface area contributed by atoms with Gasteiger partial charge in [0.25, 0.3) is 0 Å². The van der Waals surface area contributed by atoms with Crippen LogP contribution in [-0.2, 0) is 4.79 Å². The van der Waals surface area contributed by atoms with Gasteiger partial charge < -0.3 is 10.6 Å². The summed E-state index contributed by atoms with van der Waals surface area (Å²) in [4.78, 5) is 11.3. The number of carbonyl (C=O) groups is 1. The Morgan fingerprint density at radius 1 is 1.10 bits per heavy atom. The van der Waals surface area contributed by atoms with Gasteiger partial charge in [-0.2, -0.15) is 0 Å². The molecule has 0 radical (unpaired) electrons. The fraction of sp³-hybridized carbons (Fsp3) is 0.188. The third kappa shape index (κ3) is 3.84. The van der Waals surface area contributed by atoms with Crippen LogP contribution in [0.2, 0.25) is 0 Å². The lowest BCUT2D eigenvalue weighted by Crippen LogP contribution is -2.09. The number of carbonyl (C=O) groups excluding carboxylic acids is 1. The molecule has 4 heteroatoms. The standard InChI is InChI=1S/C16H17BrN2O/c1-3-16(20)19-13-7-5-12(6-8-13)18-15-9-4-11(2)10-14(15)17/h4-10,18H,3H2,1-2H3,(H,19,20). The molecule has 2 N–H and O–H groups in total. The van der Waals surface area contributed by atoms with Gasteiger partial charge in [-0.1, -0.05) is 13.0 Å². The molecule has 0 unspecified atom stereocenters. The summed E-state index contributed by atoms with van der Waals surface area (Å²) >= 11 is 3.54. The molecule has 0 aliphatic heterocycles. The van der Waals surface area contributed by atoms with Crippen LogP contribution < -0.4 is 10.6 Å². The molecule has 2 rings (SSSR count). The lowest BCUT2D eigenvalue weighted by atomic mass is 10.2. The van der Waals surface area contributed by atoms with E-state index in [1.807, 2.05) is 37.3 Å². The van der Waals surface area contributed by atoms with Crippen LogP contribution in [0.1, 0.15) is 18.9 Å². The van der Waals surface area contributed by atoms with Crippen molar-refractivity contribution in [1.82, 2.24) is 0 Å². The summed E-state index contributed by atoms with van der Waals surface area (Å²) < 4.78 is 1.03. The maximum Gasteiger partial charge on any atom is 0.224 e. The number of rotatable bonds is 4. The van der Waals surface area contributed by atoms with Crippen LogP contribution in [0.3, 0.4) is 0 Å². The second-order valence-electron chi connectivity index (χ2n) is 4.59. The molecule has 20 heavy (non-hydrogen) atoms. The minimum Gasteiger partial charge on any atom is -0.355 e. The van der Waals surface area contributed by atoms with E-state index in [1.54, 1.807) is 0 Å². The predicted octanol–water partition coefficient (Wildman–Crippen LogP) is 4.85. The highest BCUT2D eigenvalue weighted by Crippen LogP contribution is 2.27. The SMILES string of the molecule is CCC(=O)Nc1ccc(Nc2ccc(C)cc2Br)cc1. The van der Waals surface area contributed by atoms with E-state index in [1.165, 1.54) is 5.56 Å². The van der Waals surface area contributed by atoms with Gasteiger partial charge >= 0.3 is 0 Å². The first-order valence-corrected chi connectivity index (χ1v) is 7.31. The van der Waals surface area contributed by atoms with Crippen LogP contribution in [0.5, 0.6) is 0 Å². The maximum absolute atomic E-state index is 11.3. The van der Waals surface area contributed by atoms with Crippen molar-refractivity contribution < 1.29 is 4.79 Å². The summed E-state index contributed by atoms with van der Waals surface area (Å²) in [5.74, 6) is 0.0204. The summed E-state index contributed by atoms with van der Waals surface area (Å²) in [6, 6.07) is 13.8. The van der Waals surface area contributed by atoms with Gasteiger partial charge in [0.2, 0.25) is 5.91 Å². The number of aryl methyl sites for hydroxylation is 1. The second-order valence-corrected chi connectivity index (χ2v) is 5.44. The van der Waals surface area contributed by atoms with Gasteiger partial charge in [-0.25, -0.2) is 0 Å². The van der Waals surface area contributed by atoms with Crippen molar-refractivity contribution in [3.05, 3.63) is 52.5 Å². The summed E-state index contributed by atoms with van der Waals surface area (Å²) in [6.45, 7) is 3.89. The quantitative estimate of drug-likeness (QED) is 0.840. The second kappa shape index (κ2) is 6.57. The first-order valence-electron chi connectivity index (χ1n) is 6.51. The average molecular weight is 333 g/mol. The molecule has 2 aromatic carbocycles. The van der Waals surface area contributed by atoms with E-state index in [-0.39, 0.29) is 5.91 Å². The zero-order valence-corrected chi connectivity index (χ0v) is 13.1. The monoisotopic (exact) mass is 332 g/mol. The van der Waals surface area contributed by atoms with Gasteiger partial charge in [0.1, 0.15) is 0 Å². The summed E-state index contributed by atoms with van der Waals surface area (Å²) in [6.07, 6.45) is 0.482. The van der Waals surface area contributed by atoms with Gasteiger partial charge in [-0.3, -0.25) is 4.79 Å². The van der Waals surface area contributed by atoms with Crippen LogP contribution in [0, 0.1) is 6.92 Å². The van der Waals surface area contributed by atoms with Crippen LogP contribution in [0.25, 0.3) is 0 Å². The van der Waals surface area contributed by atoms with Crippen LogP contribution in [-0.4, -0.2) is 5.91 Å². The van der Waals surface area contributed by atoms with E-state index in [0.29, 0.717) is 6.42 Å². The summed E-state index contributed by atoms with van der Waals surface area (Å²) in [5.41, 5.74) is 4.01. The van der Waals surface area contributed by atoms with E-state index in [2.05, 4.69) is 45.6 Å². The Morgan fingerprint density at radius 3 is 2.35 bits per heavy atom. The highest BCUT2D eigenvalue weighted by molar-refractivity contribution is 9.10. The molecule has 2 aromatic rings. The average Bonchev–Trinajstić information content (AvgIpc) is 2.44. The Kier molecular flexibility index (Phi) is 4.79. The molecule has 1 amide bonds. The zero-order valence-electron chi connectivity index (χ0n) is 11.5. The van der Waals surface area contributed by atoms with Crippen molar-refractivity contribution in [1.29, 1.82) is 0 Å². The largest absolute Gasteiger partial charge is 0.355 e. The number of benzene rings is 2. The van der Waals surface area contributed by atoms with E-state index >= 15 is 0 Å². The molecular formula is C16H17BrN2O. The number of amides is 1. The van der Waals surface area contributed by atoms with Gasteiger partial charge in [0.05, 0.1) is 5.69 Å². The number of hydrogen-bond donors (Lipinski definition) is 2. The summed E-state index contributed by atoms with van der Waals surface area (Å²) in [5, 5.41) is 6.16. The Hall–Kier alpha value is -1.81. The Morgan fingerprint density at radius 2 is 1.75 bits per heavy atom. The number of halogens is 1. The minimum atomic E-state index is 0.0204. The van der Waals surface area contributed by atoms with E-state index in [4.69, 9.17) is 0 Å². The minimum absolute atomic E-state index is 0.0204. The lowest BCUT2D eigenvalue weighted by Gasteiger charge is -2.10. The van der Waals surface area contributed by atoms with E-state index in [9.17, 15) is 4.79 Å². The zero-order chi connectivity index (χ0) is 14.5. The predicted molar refractivity (Wildman–Crippen MR) is 87.5 cm³/mol. The smallest absolute Gasteiger partial charge is 0.224 e. The first-order chi connectivity index (χ1) is 9.58. The molecule has 0 saturated carbocycles. The molecule has 0 spiro atoms. The molecular weight excluding hydrogens is 316 g/mol. The lowest BCUT2D eigenvalue weighted by molar-refractivity contribution is -0.115. The van der Waals surface area contributed by atoms with Gasteiger partial charge in [-0.15, -0.1) is 0 Å². The first kappa shape index (κ1) is 14.6. The molecule has 0 heterocycles. The fourth-order valence-corrected chi connectivity index (χ4v) is 2.36. The molecule has 0 aliphatic rings. The Balaban J connectivity index is 2.08. The van der Waals surface area contributed by atoms with Crippen molar-refractivity contribution in [2.75, 3.05) is 10.6 Å². The molecule has 0 saturated heterocycles. The third-order valence-electron chi connectivity index (χ3n) is 2.89. The van der Waals surface area contributed by atoms with Gasteiger partial charge in [0, 0.05) is 22.3 Å². The van der Waals surface area contributed by atoms with Crippen molar-refractivity contribution in [2.45, 2.75) is 20.3 Å². The Labute approximate surface area is 127 Å². The van der Waals surface area contributed by atoms with E-state index < -0.39 is 0 Å². The van der Waals surface area contributed by atoms with Crippen molar-refractivity contribution in [2.24, 2.45) is 0 Å². The molecule has 104 valence electrons. The van der Waals surface area contributed by atoms with Crippen LogP contribution in [0.4, 0.5) is 17.1 Å². The van der Waals surface area contributed by atoms with Crippen molar-refractivity contribution in [3.63, 3.8) is 0 Å².